The van der Waals surface area contributed by atoms with Crippen molar-refractivity contribution in [2.75, 3.05) is 11.9 Å². The summed E-state index contributed by atoms with van der Waals surface area (Å²) in [6.45, 7) is 5.23. The average Bonchev–Trinajstić information content (AvgIpc) is 2.47. The van der Waals surface area contributed by atoms with Gasteiger partial charge in [0.25, 0.3) is 0 Å². The van der Waals surface area contributed by atoms with Gasteiger partial charge in [-0.2, -0.15) is 0 Å². The first kappa shape index (κ1) is 16.7. The highest BCUT2D eigenvalue weighted by Gasteiger charge is 2.11. The Morgan fingerprint density at radius 2 is 2.05 bits per heavy atom. The van der Waals surface area contributed by atoms with E-state index in [4.69, 9.17) is 9.97 Å². The molecule has 0 atom stereocenters. The predicted octanol–water partition coefficient (Wildman–Crippen LogP) is 4.82. The van der Waals surface area contributed by atoms with Gasteiger partial charge in [-0.15, -0.1) is 0 Å². The number of rotatable bonds is 6. The minimum Gasteiger partial charge on any atom is -0.369 e. The number of hydrogen-bond acceptors (Lipinski definition) is 3. The first-order chi connectivity index (χ1) is 10.1. The van der Waals surface area contributed by atoms with Crippen LogP contribution in [0, 0.1) is 3.57 Å². The van der Waals surface area contributed by atoms with Gasteiger partial charge in [0.1, 0.15) is 11.6 Å². The van der Waals surface area contributed by atoms with Gasteiger partial charge in [0, 0.05) is 17.4 Å². The van der Waals surface area contributed by atoms with Crippen molar-refractivity contribution in [3.8, 4) is 0 Å². The number of aryl methyl sites for hydroxylation is 1. The van der Waals surface area contributed by atoms with Gasteiger partial charge in [-0.1, -0.05) is 41.9 Å². The summed E-state index contributed by atoms with van der Waals surface area (Å²) in [6.07, 6.45) is 2.76. The Morgan fingerprint density at radius 1 is 1.24 bits per heavy atom. The minimum absolute atomic E-state index is 0.754. The van der Waals surface area contributed by atoms with Crippen molar-refractivity contribution in [2.45, 2.75) is 33.1 Å². The molecule has 1 heterocycles. The van der Waals surface area contributed by atoms with Crippen molar-refractivity contribution in [1.29, 1.82) is 0 Å². The van der Waals surface area contributed by atoms with Crippen LogP contribution in [0.3, 0.4) is 0 Å². The van der Waals surface area contributed by atoms with Crippen molar-refractivity contribution in [2.24, 2.45) is 0 Å². The van der Waals surface area contributed by atoms with Crippen LogP contribution in [0.5, 0.6) is 0 Å². The molecule has 1 aromatic carbocycles. The van der Waals surface area contributed by atoms with Gasteiger partial charge in [0.15, 0.2) is 0 Å². The number of anilines is 1. The second-order valence-electron chi connectivity index (χ2n) is 4.84. The van der Waals surface area contributed by atoms with E-state index in [-0.39, 0.29) is 0 Å². The van der Waals surface area contributed by atoms with Crippen LogP contribution in [0.25, 0.3) is 0 Å². The third kappa shape index (κ3) is 4.64. The maximum Gasteiger partial charge on any atom is 0.143 e. The summed E-state index contributed by atoms with van der Waals surface area (Å²) < 4.78 is 2.23. The Balaban J connectivity index is 2.30. The number of hydrogen-bond donors (Lipinski definition) is 1. The molecule has 1 N–H and O–H groups in total. The third-order valence-electron chi connectivity index (χ3n) is 3.09. The minimum atomic E-state index is 0.754. The number of halogens is 2. The molecule has 0 aliphatic rings. The molecular formula is C16H19BrIN3. The predicted molar refractivity (Wildman–Crippen MR) is 99.9 cm³/mol. The zero-order chi connectivity index (χ0) is 15.2. The Kier molecular flexibility index (Phi) is 6.41. The summed E-state index contributed by atoms with van der Waals surface area (Å²) in [7, 11) is 0. The lowest BCUT2D eigenvalue weighted by Gasteiger charge is -2.12. The van der Waals surface area contributed by atoms with E-state index in [1.165, 1.54) is 5.56 Å². The molecule has 3 nitrogen and oxygen atoms in total. The Labute approximate surface area is 148 Å². The normalized spacial score (nSPS) is 10.7. The van der Waals surface area contributed by atoms with Crippen LogP contribution < -0.4 is 5.32 Å². The zero-order valence-corrected chi connectivity index (χ0v) is 16.0. The van der Waals surface area contributed by atoms with Gasteiger partial charge in [0.2, 0.25) is 0 Å². The highest BCUT2D eigenvalue weighted by atomic mass is 127. The topological polar surface area (TPSA) is 37.8 Å². The molecule has 0 radical (unpaired) electrons. The largest absolute Gasteiger partial charge is 0.369 e. The molecule has 21 heavy (non-hydrogen) atoms. The molecule has 1 aromatic heterocycles. The lowest BCUT2D eigenvalue weighted by Crippen LogP contribution is -2.10. The van der Waals surface area contributed by atoms with Crippen LogP contribution >= 0.6 is 38.5 Å². The van der Waals surface area contributed by atoms with E-state index in [2.05, 4.69) is 69.8 Å². The van der Waals surface area contributed by atoms with E-state index < -0.39 is 0 Å². The zero-order valence-electron chi connectivity index (χ0n) is 12.3. The molecule has 0 aliphatic carbocycles. The average molecular weight is 460 g/mol. The summed E-state index contributed by atoms with van der Waals surface area (Å²) >= 11 is 5.85. The fourth-order valence-electron chi connectivity index (χ4n) is 2.05. The molecule has 0 unspecified atom stereocenters. The number of nitrogens with one attached hydrogen (secondary N) is 1. The SMILES string of the molecule is CCCNc1nc(Cc2cccc(Br)c2)nc(CC)c1I. The van der Waals surface area contributed by atoms with E-state index in [1.807, 2.05) is 12.1 Å². The van der Waals surface area contributed by atoms with Crippen LogP contribution in [0.4, 0.5) is 5.82 Å². The number of aromatic nitrogens is 2. The number of benzene rings is 1. The van der Waals surface area contributed by atoms with Gasteiger partial charge < -0.3 is 5.32 Å². The highest BCUT2D eigenvalue weighted by Crippen LogP contribution is 2.21. The molecule has 0 saturated heterocycles. The molecule has 112 valence electrons. The van der Waals surface area contributed by atoms with Crippen LogP contribution in [-0.4, -0.2) is 16.5 Å². The Morgan fingerprint density at radius 3 is 2.71 bits per heavy atom. The summed E-state index contributed by atoms with van der Waals surface area (Å²) in [5.41, 5.74) is 2.34. The van der Waals surface area contributed by atoms with Crippen LogP contribution in [-0.2, 0) is 12.8 Å². The lowest BCUT2D eigenvalue weighted by atomic mass is 10.1. The molecule has 0 saturated carbocycles. The first-order valence-electron chi connectivity index (χ1n) is 7.17. The quantitative estimate of drug-likeness (QED) is 0.629. The van der Waals surface area contributed by atoms with Gasteiger partial charge in [0.05, 0.1) is 9.26 Å². The molecule has 2 rings (SSSR count). The summed E-state index contributed by atoms with van der Waals surface area (Å²) in [5, 5.41) is 3.41. The molecule has 0 aliphatic heterocycles. The monoisotopic (exact) mass is 459 g/mol. The first-order valence-corrected chi connectivity index (χ1v) is 9.04. The Hall–Kier alpha value is -0.690. The van der Waals surface area contributed by atoms with Crippen LogP contribution in [0.15, 0.2) is 28.7 Å². The van der Waals surface area contributed by atoms with Crippen molar-refractivity contribution >= 4 is 44.3 Å². The highest BCUT2D eigenvalue weighted by molar-refractivity contribution is 14.1. The molecule has 0 bridgehead atoms. The lowest BCUT2D eigenvalue weighted by molar-refractivity contribution is 0.882. The molecule has 5 heteroatoms. The van der Waals surface area contributed by atoms with Crippen molar-refractivity contribution in [3.63, 3.8) is 0 Å². The summed E-state index contributed by atoms with van der Waals surface area (Å²) in [4.78, 5) is 9.41. The second-order valence-corrected chi connectivity index (χ2v) is 6.83. The van der Waals surface area contributed by atoms with E-state index in [0.717, 1.165) is 51.2 Å². The van der Waals surface area contributed by atoms with Gasteiger partial charge in [-0.3, -0.25) is 0 Å². The maximum atomic E-state index is 4.71. The molecule has 0 fully saturated rings. The van der Waals surface area contributed by atoms with E-state index >= 15 is 0 Å². The number of nitrogens with zero attached hydrogens (tertiary/aromatic N) is 2. The molecule has 2 aromatic rings. The van der Waals surface area contributed by atoms with E-state index in [0.29, 0.717) is 0 Å². The molecule has 0 amide bonds. The van der Waals surface area contributed by atoms with Crippen molar-refractivity contribution in [1.82, 2.24) is 9.97 Å². The van der Waals surface area contributed by atoms with Crippen molar-refractivity contribution in [3.05, 3.63) is 49.4 Å². The summed E-state index contributed by atoms with van der Waals surface area (Å²) in [6, 6.07) is 8.30. The van der Waals surface area contributed by atoms with Gasteiger partial charge in [-0.25, -0.2) is 9.97 Å². The smallest absolute Gasteiger partial charge is 0.143 e. The second kappa shape index (κ2) is 8.08. The Bertz CT molecular complexity index is 616. The van der Waals surface area contributed by atoms with Gasteiger partial charge >= 0.3 is 0 Å². The summed E-state index contributed by atoms with van der Waals surface area (Å²) in [5.74, 6) is 1.85. The van der Waals surface area contributed by atoms with Crippen LogP contribution in [0.1, 0.15) is 37.4 Å². The van der Waals surface area contributed by atoms with Gasteiger partial charge in [-0.05, 0) is 53.1 Å². The van der Waals surface area contributed by atoms with E-state index in [9.17, 15) is 0 Å². The molecular weight excluding hydrogens is 441 g/mol. The van der Waals surface area contributed by atoms with E-state index in [1.54, 1.807) is 0 Å². The molecule has 0 spiro atoms. The fourth-order valence-corrected chi connectivity index (χ4v) is 3.31. The maximum absolute atomic E-state index is 4.71. The third-order valence-corrected chi connectivity index (χ3v) is 4.72. The fraction of sp³-hybridized carbons (Fsp3) is 0.375. The van der Waals surface area contributed by atoms with Crippen LogP contribution in [0.2, 0.25) is 0 Å². The standard InChI is InChI=1S/C16H19BrIN3/c1-3-8-19-16-15(18)13(4-2)20-14(21-16)10-11-6-5-7-12(17)9-11/h5-7,9H,3-4,8,10H2,1-2H3,(H,19,20,21). The van der Waals surface area contributed by atoms with Crippen molar-refractivity contribution < 1.29 is 0 Å².